The van der Waals surface area contributed by atoms with Crippen LogP contribution in [0.2, 0.25) is 0 Å². The molecule has 20 heavy (non-hydrogen) atoms. The van der Waals surface area contributed by atoms with Gasteiger partial charge in [-0.1, -0.05) is 20.8 Å². The third kappa shape index (κ3) is 3.23. The normalized spacial score (nSPS) is 29.2. The summed E-state index contributed by atoms with van der Waals surface area (Å²) in [6.45, 7) is 7.36. The largest absolute Gasteiger partial charge is 0.481 e. The number of carboxylic acids is 1. The molecule has 0 saturated heterocycles. The first-order chi connectivity index (χ1) is 9.43. The van der Waals surface area contributed by atoms with Gasteiger partial charge >= 0.3 is 5.97 Å². The summed E-state index contributed by atoms with van der Waals surface area (Å²) in [5, 5.41) is 17.3. The van der Waals surface area contributed by atoms with Crippen LogP contribution in [0.25, 0.3) is 0 Å². The van der Waals surface area contributed by atoms with Gasteiger partial charge in [-0.2, -0.15) is 11.3 Å². The van der Waals surface area contributed by atoms with E-state index in [0.717, 1.165) is 25.8 Å². The van der Waals surface area contributed by atoms with Crippen LogP contribution in [-0.4, -0.2) is 23.7 Å². The predicted octanol–water partition coefficient (Wildman–Crippen LogP) is 3.41. The van der Waals surface area contributed by atoms with Crippen molar-refractivity contribution in [1.29, 1.82) is 0 Å². The molecule has 1 aliphatic rings. The molecule has 0 bridgehead atoms. The molecule has 0 radical (unpaired) electrons. The molecule has 3 unspecified atom stereocenters. The maximum Gasteiger partial charge on any atom is 0.307 e. The number of hydrogen-bond acceptors (Lipinski definition) is 3. The molecule has 1 heterocycles. The van der Waals surface area contributed by atoms with Crippen LogP contribution in [0.4, 0.5) is 0 Å². The quantitative estimate of drug-likeness (QED) is 0.875. The Morgan fingerprint density at radius 2 is 2.25 bits per heavy atom. The highest BCUT2D eigenvalue weighted by molar-refractivity contribution is 7.07. The van der Waals surface area contributed by atoms with E-state index in [4.69, 9.17) is 0 Å². The van der Waals surface area contributed by atoms with Gasteiger partial charge in [-0.05, 0) is 59.5 Å². The van der Waals surface area contributed by atoms with Crippen LogP contribution in [0.3, 0.4) is 0 Å². The van der Waals surface area contributed by atoms with E-state index in [2.05, 4.69) is 42.9 Å². The zero-order valence-electron chi connectivity index (χ0n) is 12.6. The van der Waals surface area contributed by atoms with Gasteiger partial charge in [0.15, 0.2) is 0 Å². The fourth-order valence-corrected chi connectivity index (χ4v) is 4.06. The van der Waals surface area contributed by atoms with Crippen molar-refractivity contribution in [2.75, 3.05) is 6.54 Å². The fourth-order valence-electron chi connectivity index (χ4n) is 3.36. The molecular formula is C16H25NO2S. The fraction of sp³-hybridized carbons (Fsp3) is 0.688. The van der Waals surface area contributed by atoms with Crippen molar-refractivity contribution in [3.05, 3.63) is 22.4 Å². The number of carbonyl (C=O) groups is 1. The number of rotatable bonds is 5. The van der Waals surface area contributed by atoms with Crippen molar-refractivity contribution < 1.29 is 9.90 Å². The van der Waals surface area contributed by atoms with E-state index in [1.54, 1.807) is 11.3 Å². The van der Waals surface area contributed by atoms with Gasteiger partial charge in [0.05, 0.1) is 5.92 Å². The number of nitrogens with one attached hydrogen (secondary N) is 1. The highest BCUT2D eigenvalue weighted by atomic mass is 32.1. The lowest BCUT2D eigenvalue weighted by Crippen LogP contribution is -2.51. The Hall–Kier alpha value is -0.870. The van der Waals surface area contributed by atoms with Crippen molar-refractivity contribution in [1.82, 2.24) is 5.32 Å². The van der Waals surface area contributed by atoms with E-state index < -0.39 is 5.97 Å². The summed E-state index contributed by atoms with van der Waals surface area (Å²) < 4.78 is 0. The molecule has 0 aliphatic heterocycles. The topological polar surface area (TPSA) is 49.3 Å². The Balaban J connectivity index is 1.89. The molecule has 3 nitrogen and oxygen atoms in total. The van der Waals surface area contributed by atoms with Crippen molar-refractivity contribution in [2.24, 2.45) is 17.3 Å². The Bertz CT molecular complexity index is 441. The van der Waals surface area contributed by atoms with Gasteiger partial charge in [-0.25, -0.2) is 0 Å². The molecule has 2 rings (SSSR count). The first-order valence-corrected chi connectivity index (χ1v) is 8.34. The SMILES string of the molecule is CC1C(NCCc2ccsc2)CCC(C(=O)O)C1(C)C. The van der Waals surface area contributed by atoms with Crippen molar-refractivity contribution in [3.8, 4) is 0 Å². The Kier molecular flexibility index (Phi) is 4.86. The molecule has 1 aromatic rings. The van der Waals surface area contributed by atoms with Gasteiger partial charge in [-0.3, -0.25) is 4.79 Å². The highest BCUT2D eigenvalue weighted by Crippen LogP contribution is 2.45. The third-order valence-electron chi connectivity index (χ3n) is 5.14. The second-order valence-electron chi connectivity index (χ2n) is 6.52. The van der Waals surface area contributed by atoms with Crippen LogP contribution in [0.1, 0.15) is 39.2 Å². The van der Waals surface area contributed by atoms with E-state index in [1.807, 2.05) is 0 Å². The van der Waals surface area contributed by atoms with Gasteiger partial charge < -0.3 is 10.4 Å². The molecule has 0 spiro atoms. The smallest absolute Gasteiger partial charge is 0.307 e. The number of thiophene rings is 1. The van der Waals surface area contributed by atoms with Gasteiger partial charge in [0.25, 0.3) is 0 Å². The molecule has 1 fully saturated rings. The second kappa shape index (κ2) is 6.27. The molecule has 0 amide bonds. The summed E-state index contributed by atoms with van der Waals surface area (Å²) >= 11 is 1.74. The summed E-state index contributed by atoms with van der Waals surface area (Å²) in [6, 6.07) is 2.60. The molecule has 0 aromatic carbocycles. The van der Waals surface area contributed by atoms with Crippen LogP contribution in [-0.2, 0) is 11.2 Å². The van der Waals surface area contributed by atoms with Crippen molar-refractivity contribution in [3.63, 3.8) is 0 Å². The summed E-state index contributed by atoms with van der Waals surface area (Å²) in [6.07, 6.45) is 2.80. The van der Waals surface area contributed by atoms with E-state index in [0.29, 0.717) is 12.0 Å². The minimum Gasteiger partial charge on any atom is -0.481 e. The molecular weight excluding hydrogens is 270 g/mol. The number of hydrogen-bond donors (Lipinski definition) is 2. The minimum absolute atomic E-state index is 0.149. The van der Waals surface area contributed by atoms with Gasteiger partial charge in [0.2, 0.25) is 0 Å². The highest BCUT2D eigenvalue weighted by Gasteiger charge is 2.45. The van der Waals surface area contributed by atoms with Crippen LogP contribution in [0.15, 0.2) is 16.8 Å². The summed E-state index contributed by atoms with van der Waals surface area (Å²) in [5.41, 5.74) is 1.23. The first kappa shape index (κ1) is 15.5. The molecule has 1 saturated carbocycles. The van der Waals surface area contributed by atoms with Crippen LogP contribution >= 0.6 is 11.3 Å². The van der Waals surface area contributed by atoms with Crippen LogP contribution in [0.5, 0.6) is 0 Å². The standard InChI is InChI=1S/C16H25NO2S/c1-11-14(17-8-6-12-7-9-20-10-12)5-4-13(15(18)19)16(11,2)3/h7,9-11,13-14,17H,4-6,8H2,1-3H3,(H,18,19). The predicted molar refractivity (Wildman–Crippen MR) is 83.1 cm³/mol. The maximum atomic E-state index is 11.4. The second-order valence-corrected chi connectivity index (χ2v) is 7.30. The molecule has 4 heteroatoms. The summed E-state index contributed by atoms with van der Waals surface area (Å²) in [5.74, 6) is -0.481. The van der Waals surface area contributed by atoms with Crippen LogP contribution < -0.4 is 5.32 Å². The minimum atomic E-state index is -0.640. The summed E-state index contributed by atoms with van der Waals surface area (Å²) in [7, 11) is 0. The average Bonchev–Trinajstić information content (AvgIpc) is 2.87. The van der Waals surface area contributed by atoms with Crippen LogP contribution in [0, 0.1) is 17.3 Å². The Labute approximate surface area is 125 Å². The van der Waals surface area contributed by atoms with Gasteiger partial charge in [-0.15, -0.1) is 0 Å². The van der Waals surface area contributed by atoms with E-state index >= 15 is 0 Å². The van der Waals surface area contributed by atoms with E-state index in [-0.39, 0.29) is 11.3 Å². The van der Waals surface area contributed by atoms with Crippen molar-refractivity contribution >= 4 is 17.3 Å². The molecule has 1 aliphatic carbocycles. The average molecular weight is 295 g/mol. The zero-order valence-corrected chi connectivity index (χ0v) is 13.4. The third-order valence-corrected chi connectivity index (χ3v) is 5.87. The van der Waals surface area contributed by atoms with Gasteiger partial charge in [0, 0.05) is 6.04 Å². The van der Waals surface area contributed by atoms with E-state index in [1.165, 1.54) is 5.56 Å². The monoisotopic (exact) mass is 295 g/mol. The molecule has 3 atom stereocenters. The van der Waals surface area contributed by atoms with Crippen molar-refractivity contribution in [2.45, 2.75) is 46.1 Å². The first-order valence-electron chi connectivity index (χ1n) is 7.40. The number of carboxylic acid groups (broad SMARTS) is 1. The Morgan fingerprint density at radius 3 is 2.85 bits per heavy atom. The lowest BCUT2D eigenvalue weighted by atomic mass is 9.61. The summed E-state index contributed by atoms with van der Waals surface area (Å²) in [4.78, 5) is 11.4. The molecule has 2 N–H and O–H groups in total. The lowest BCUT2D eigenvalue weighted by Gasteiger charge is -2.46. The van der Waals surface area contributed by atoms with E-state index in [9.17, 15) is 9.90 Å². The van der Waals surface area contributed by atoms with Gasteiger partial charge in [0.1, 0.15) is 0 Å². The lowest BCUT2D eigenvalue weighted by molar-refractivity contribution is -0.150. The number of aliphatic carboxylic acids is 1. The zero-order chi connectivity index (χ0) is 14.8. The molecule has 1 aromatic heterocycles. The Morgan fingerprint density at radius 1 is 1.50 bits per heavy atom. The maximum absolute atomic E-state index is 11.4. The molecule has 112 valence electrons.